The van der Waals surface area contributed by atoms with Crippen molar-refractivity contribution in [2.45, 2.75) is 11.8 Å². The predicted octanol–water partition coefficient (Wildman–Crippen LogP) is 3.35. The average molecular weight is 486 g/mol. The quantitative estimate of drug-likeness (QED) is 0.156. The van der Waals surface area contributed by atoms with Gasteiger partial charge in [0.05, 0.1) is 10.6 Å². The molecule has 3 aromatic rings. The summed E-state index contributed by atoms with van der Waals surface area (Å²) in [6.45, 7) is 1.31. The van der Waals surface area contributed by atoms with Gasteiger partial charge in [0, 0.05) is 22.4 Å². The van der Waals surface area contributed by atoms with Crippen molar-refractivity contribution in [2.75, 3.05) is 11.1 Å². The van der Waals surface area contributed by atoms with Crippen molar-refractivity contribution in [3.05, 3.63) is 83.4 Å². The summed E-state index contributed by atoms with van der Waals surface area (Å²) in [6.07, 6.45) is 0. The van der Waals surface area contributed by atoms with E-state index in [0.717, 1.165) is 6.07 Å². The monoisotopic (exact) mass is 485 g/mol. The highest BCUT2D eigenvalue weighted by Crippen LogP contribution is 2.30. The molecule has 0 aliphatic rings. The Labute approximate surface area is 194 Å². The van der Waals surface area contributed by atoms with E-state index in [1.54, 1.807) is 6.07 Å². The van der Waals surface area contributed by atoms with Gasteiger partial charge in [0.2, 0.25) is 10.0 Å². The fourth-order valence-electron chi connectivity index (χ4n) is 3.25. The molecule has 0 aliphatic heterocycles. The average Bonchev–Trinajstić information content (AvgIpc) is 2.79. The Morgan fingerprint density at radius 3 is 2.35 bits per heavy atom. The number of carbonyl (C=O) groups excluding carboxylic acids is 1. The van der Waals surface area contributed by atoms with Gasteiger partial charge in [-0.15, -0.1) is 0 Å². The number of primary sulfonamides is 1. The summed E-state index contributed by atoms with van der Waals surface area (Å²) in [4.78, 5) is 12.2. The number of rotatable bonds is 6. The second-order valence-corrected chi connectivity index (χ2v) is 8.87. The molecule has 0 aromatic heterocycles. The second-order valence-electron chi connectivity index (χ2n) is 7.34. The molecule has 0 bridgehead atoms. The van der Waals surface area contributed by atoms with Gasteiger partial charge >= 0.3 is 0 Å². The van der Waals surface area contributed by atoms with Crippen LogP contribution >= 0.6 is 0 Å². The number of allylic oxidation sites excluding steroid dienone is 1. The summed E-state index contributed by atoms with van der Waals surface area (Å²) < 4.78 is 53.2. The number of anilines is 2. The van der Waals surface area contributed by atoms with E-state index in [1.165, 1.54) is 55.5 Å². The van der Waals surface area contributed by atoms with Gasteiger partial charge in [-0.05, 0) is 54.5 Å². The Morgan fingerprint density at radius 1 is 1.06 bits per heavy atom. The highest BCUT2D eigenvalue weighted by atomic mass is 32.2. The fourth-order valence-corrected chi connectivity index (χ4v) is 4.01. The van der Waals surface area contributed by atoms with Crippen LogP contribution in [0.15, 0.2) is 71.4 Å². The van der Waals surface area contributed by atoms with Crippen molar-refractivity contribution < 1.29 is 22.0 Å². The van der Waals surface area contributed by atoms with Crippen LogP contribution in [0.25, 0.3) is 16.7 Å². The van der Waals surface area contributed by atoms with Crippen molar-refractivity contribution in [2.24, 2.45) is 10.9 Å². The zero-order valence-corrected chi connectivity index (χ0v) is 18.7. The first-order valence-electron chi connectivity index (χ1n) is 9.74. The van der Waals surface area contributed by atoms with Crippen molar-refractivity contribution >= 4 is 38.7 Å². The lowest BCUT2D eigenvalue weighted by Gasteiger charge is -2.12. The number of nitrogens with one attached hydrogen (secondary N) is 2. The van der Waals surface area contributed by atoms with Crippen molar-refractivity contribution in [1.29, 1.82) is 5.41 Å². The minimum absolute atomic E-state index is 0.128. The van der Waals surface area contributed by atoms with Gasteiger partial charge < -0.3 is 16.8 Å². The summed E-state index contributed by atoms with van der Waals surface area (Å²) in [6, 6.07) is 13.6. The van der Waals surface area contributed by atoms with E-state index in [1.807, 2.05) is 0 Å². The molecule has 0 aliphatic carbocycles. The smallest absolute Gasteiger partial charge is 0.284 e. The number of amidine groups is 1. The van der Waals surface area contributed by atoms with E-state index in [-0.39, 0.29) is 49.9 Å². The van der Waals surface area contributed by atoms with Crippen LogP contribution in [0.1, 0.15) is 18.1 Å². The third-order valence-corrected chi connectivity index (χ3v) is 5.99. The number of nitrogens with two attached hydrogens (primary N) is 3. The third-order valence-electron chi connectivity index (χ3n) is 5.02. The molecule has 8 N–H and O–H groups in total. The molecule has 34 heavy (non-hydrogen) atoms. The highest BCUT2D eigenvalue weighted by molar-refractivity contribution is 7.89. The Hall–Kier alpha value is -4.09. The molecule has 8 nitrogen and oxygen atoms in total. The molecule has 1 amide bonds. The number of carbonyl (C=O) groups is 1. The fraction of sp³-hybridized carbons (Fsp3) is 0.0435. The van der Waals surface area contributed by atoms with Crippen LogP contribution in [0.3, 0.4) is 0 Å². The van der Waals surface area contributed by atoms with Crippen molar-refractivity contribution in [3.8, 4) is 11.1 Å². The minimum Gasteiger partial charge on any atom is -0.398 e. The maximum absolute atomic E-state index is 14.9. The minimum atomic E-state index is -4.06. The number of hydrogen-bond acceptors (Lipinski definition) is 5. The molecule has 3 rings (SSSR count). The Kier molecular flexibility index (Phi) is 6.80. The third kappa shape index (κ3) is 5.11. The first-order chi connectivity index (χ1) is 15.9. The summed E-state index contributed by atoms with van der Waals surface area (Å²) in [7, 11) is -4.06. The number of halogens is 2. The Bertz CT molecular complexity index is 1450. The molecule has 0 saturated carbocycles. The lowest BCUT2D eigenvalue weighted by Crippen LogP contribution is -2.15. The van der Waals surface area contributed by atoms with Gasteiger partial charge in [-0.25, -0.2) is 22.3 Å². The van der Waals surface area contributed by atoms with Crippen LogP contribution < -0.4 is 21.9 Å². The van der Waals surface area contributed by atoms with Crippen molar-refractivity contribution in [1.82, 2.24) is 0 Å². The predicted molar refractivity (Wildman–Crippen MR) is 127 cm³/mol. The van der Waals surface area contributed by atoms with E-state index >= 15 is 0 Å². The first-order valence-corrected chi connectivity index (χ1v) is 11.3. The number of amides is 1. The Balaban J connectivity index is 1.92. The summed E-state index contributed by atoms with van der Waals surface area (Å²) >= 11 is 0. The molecule has 0 radical (unpaired) electrons. The Morgan fingerprint density at radius 2 is 1.74 bits per heavy atom. The van der Waals surface area contributed by atoms with Gasteiger partial charge in [0.1, 0.15) is 11.7 Å². The molecule has 11 heteroatoms. The molecule has 0 heterocycles. The van der Waals surface area contributed by atoms with Gasteiger partial charge in [-0.1, -0.05) is 24.3 Å². The van der Waals surface area contributed by atoms with Crippen LogP contribution in [-0.2, 0) is 14.8 Å². The maximum atomic E-state index is 14.9. The van der Waals surface area contributed by atoms with Crippen LogP contribution in [0.2, 0.25) is 0 Å². The van der Waals surface area contributed by atoms with Gasteiger partial charge in [0.25, 0.3) is 5.91 Å². The molecule has 3 aromatic carbocycles. The van der Waals surface area contributed by atoms with E-state index in [4.69, 9.17) is 22.0 Å². The van der Waals surface area contributed by atoms with Gasteiger partial charge in [0.15, 0.2) is 5.83 Å². The van der Waals surface area contributed by atoms with Crippen LogP contribution in [0, 0.1) is 11.2 Å². The van der Waals surface area contributed by atoms with Gasteiger partial charge in [-0.2, -0.15) is 0 Å². The number of hydrogen-bond donors (Lipinski definition) is 5. The zero-order chi connectivity index (χ0) is 25.2. The number of nitrogen functional groups attached to an aromatic ring is 2. The van der Waals surface area contributed by atoms with Crippen molar-refractivity contribution in [3.63, 3.8) is 0 Å². The molecule has 0 spiro atoms. The van der Waals surface area contributed by atoms with E-state index in [9.17, 15) is 22.0 Å². The maximum Gasteiger partial charge on any atom is 0.284 e. The zero-order valence-electron chi connectivity index (χ0n) is 17.9. The normalized spacial score (nSPS) is 12.1. The lowest BCUT2D eigenvalue weighted by molar-refractivity contribution is -0.114. The molecule has 0 atom stereocenters. The first kappa shape index (κ1) is 24.6. The number of sulfonamides is 1. The second kappa shape index (κ2) is 9.41. The molecule has 0 fully saturated rings. The molecule has 0 unspecified atom stereocenters. The van der Waals surface area contributed by atoms with Crippen LogP contribution in [0.5, 0.6) is 0 Å². The topological polar surface area (TPSA) is 165 Å². The summed E-state index contributed by atoms with van der Waals surface area (Å²) in [5.41, 5.74) is 11.8. The molecule has 0 saturated heterocycles. The largest absolute Gasteiger partial charge is 0.398 e. The van der Waals surface area contributed by atoms with E-state index < -0.39 is 27.6 Å². The molecular weight excluding hydrogens is 464 g/mol. The summed E-state index contributed by atoms with van der Waals surface area (Å²) in [5, 5.41) is 14.9. The SMILES string of the molecule is C/C(=C(\F)C(=O)Nc1ccc(-c2ccccc2S(N)(=O)=O)cc1F)c1cc(C(=N)N)ccc1N. The van der Waals surface area contributed by atoms with E-state index in [2.05, 4.69) is 5.32 Å². The van der Waals surface area contributed by atoms with Gasteiger partial charge in [-0.3, -0.25) is 10.2 Å². The lowest BCUT2D eigenvalue weighted by atomic mass is 10.0. The van der Waals surface area contributed by atoms with E-state index in [0.29, 0.717) is 0 Å². The summed E-state index contributed by atoms with van der Waals surface area (Å²) in [5.74, 6) is -3.61. The van der Waals surface area contributed by atoms with Crippen LogP contribution in [0.4, 0.5) is 20.2 Å². The standard InChI is InChI=1S/C23H21F2N5O3S/c1-12(16-10-14(22(27)28)6-8-18(16)26)21(25)23(31)30-19-9-7-13(11-17(19)24)15-4-2-3-5-20(15)34(29,32)33/h2-11H,26H2,1H3,(H3,27,28)(H,30,31)(H2,29,32,33)/b21-12+. The molecular formula is C23H21F2N5O3S. The molecule has 176 valence electrons. The van der Waals surface area contributed by atoms with Crippen LogP contribution in [-0.4, -0.2) is 20.2 Å². The number of benzene rings is 3. The highest BCUT2D eigenvalue weighted by Gasteiger charge is 2.19.